The molecule has 4 amide bonds. The van der Waals surface area contributed by atoms with Crippen LogP contribution in [-0.2, 0) is 24.0 Å². The number of halogens is 2. The molecule has 6 atom stereocenters. The number of carbonyl (C=O) groups excluding carboxylic acids is 4. The van der Waals surface area contributed by atoms with Crippen LogP contribution in [0.15, 0.2) is 29.8 Å². The maximum absolute atomic E-state index is 13.8. The summed E-state index contributed by atoms with van der Waals surface area (Å²) in [6.07, 6.45) is 3.50. The number of alkyl halides is 2. The second kappa shape index (κ2) is 10.6. The molecule has 2 heterocycles. The molecule has 10 nitrogen and oxygen atoms in total. The monoisotopic (exact) mass is 606 g/mol. The van der Waals surface area contributed by atoms with Crippen LogP contribution >= 0.6 is 23.2 Å². The Kier molecular flexibility index (Phi) is 7.61. The van der Waals surface area contributed by atoms with E-state index in [1.54, 1.807) is 19.1 Å². The van der Waals surface area contributed by atoms with Crippen molar-refractivity contribution in [3.05, 3.63) is 35.4 Å². The number of amides is 4. The van der Waals surface area contributed by atoms with Gasteiger partial charge in [0.2, 0.25) is 11.8 Å². The van der Waals surface area contributed by atoms with Gasteiger partial charge in [-0.25, -0.2) is 0 Å². The van der Waals surface area contributed by atoms with Crippen LogP contribution in [0.4, 0.5) is 0 Å². The molecule has 2 saturated heterocycles. The first-order valence-corrected chi connectivity index (χ1v) is 14.6. The van der Waals surface area contributed by atoms with Gasteiger partial charge in [0.05, 0.1) is 18.4 Å². The molecule has 12 heteroatoms. The number of imide groups is 2. The number of phenolic OH excluding ortho intramolecular Hbond substituents is 1. The van der Waals surface area contributed by atoms with E-state index in [0.29, 0.717) is 30.4 Å². The van der Waals surface area contributed by atoms with Gasteiger partial charge in [0.25, 0.3) is 11.8 Å². The molecule has 2 aliphatic carbocycles. The summed E-state index contributed by atoms with van der Waals surface area (Å²) >= 11 is 14.3. The number of likely N-dealkylation sites (tertiary alicyclic amines) is 2. The number of unbranched alkanes of at least 4 members (excludes halogenated alkanes) is 2. The van der Waals surface area contributed by atoms with E-state index in [2.05, 4.69) is 0 Å². The van der Waals surface area contributed by atoms with Crippen molar-refractivity contribution in [1.29, 1.82) is 0 Å². The van der Waals surface area contributed by atoms with E-state index in [1.165, 1.54) is 18.0 Å². The highest BCUT2D eigenvalue weighted by atomic mass is 35.5. The SMILES string of the molecule is CCOc1cc([C@H]2C3=CC[C@@H]4C(=O)N(CCCCCC(=O)O)C(=O)[C@@H]4[C@@H]3C[C@@]3(Cl)C(=O)N(C)C(=O)[C@@]23Cl)ccc1O. The lowest BCUT2D eigenvalue weighted by Crippen LogP contribution is -2.60. The van der Waals surface area contributed by atoms with Crippen LogP contribution in [-0.4, -0.2) is 79.6 Å². The van der Waals surface area contributed by atoms with Gasteiger partial charge in [0, 0.05) is 25.9 Å². The fourth-order valence-electron chi connectivity index (χ4n) is 7.11. The number of nitrogens with zero attached hydrogens (tertiary/aromatic N) is 2. The van der Waals surface area contributed by atoms with Gasteiger partial charge in [0.15, 0.2) is 21.2 Å². The fraction of sp³-hybridized carbons (Fsp3) is 0.552. The Morgan fingerprint density at radius 2 is 1.80 bits per heavy atom. The molecule has 2 N–H and O–H groups in total. The summed E-state index contributed by atoms with van der Waals surface area (Å²) in [7, 11) is 1.33. The highest BCUT2D eigenvalue weighted by Crippen LogP contribution is 2.65. The van der Waals surface area contributed by atoms with Gasteiger partial charge < -0.3 is 14.9 Å². The van der Waals surface area contributed by atoms with Gasteiger partial charge >= 0.3 is 5.97 Å². The van der Waals surface area contributed by atoms with Crippen LogP contribution in [0.1, 0.15) is 56.9 Å². The smallest absolute Gasteiger partial charge is 0.303 e. The van der Waals surface area contributed by atoms with Crippen molar-refractivity contribution in [1.82, 2.24) is 9.80 Å². The summed E-state index contributed by atoms with van der Waals surface area (Å²) in [6.45, 7) is 2.20. The van der Waals surface area contributed by atoms with E-state index >= 15 is 0 Å². The van der Waals surface area contributed by atoms with E-state index in [-0.39, 0.29) is 55.7 Å². The molecule has 0 spiro atoms. The quantitative estimate of drug-likeness (QED) is 0.188. The van der Waals surface area contributed by atoms with Crippen LogP contribution in [0.5, 0.6) is 11.5 Å². The van der Waals surface area contributed by atoms with Gasteiger partial charge in [0.1, 0.15) is 0 Å². The molecule has 0 aromatic heterocycles. The molecule has 1 aromatic carbocycles. The van der Waals surface area contributed by atoms with Crippen LogP contribution in [0, 0.1) is 17.8 Å². The van der Waals surface area contributed by atoms with Gasteiger partial charge in [-0.3, -0.25) is 33.8 Å². The number of hydrogen-bond acceptors (Lipinski definition) is 7. The first kappa shape index (κ1) is 29.4. The minimum atomic E-state index is -1.91. The number of allylic oxidation sites excluding steroid dienone is 2. The van der Waals surface area contributed by atoms with Crippen molar-refractivity contribution < 1.29 is 38.9 Å². The highest BCUT2D eigenvalue weighted by Gasteiger charge is 2.75. The molecule has 3 fully saturated rings. The molecule has 2 aliphatic heterocycles. The minimum Gasteiger partial charge on any atom is -0.504 e. The Bertz CT molecular complexity index is 1360. The lowest BCUT2D eigenvalue weighted by Gasteiger charge is -2.50. The second-order valence-corrected chi connectivity index (χ2v) is 12.4. The molecule has 5 rings (SSSR count). The lowest BCUT2D eigenvalue weighted by atomic mass is 9.56. The predicted octanol–water partition coefficient (Wildman–Crippen LogP) is 3.42. The van der Waals surface area contributed by atoms with Crippen LogP contribution in [0.25, 0.3) is 0 Å². The Balaban J connectivity index is 1.54. The standard InChI is InChI=1S/C29H32Cl2N2O8/c1-3-41-20-13-15(8-11-19(20)34)23-16-9-10-17-22(25(38)33(24(17)37)12-6-4-5-7-21(35)36)18(16)14-28(30)26(39)32(2)27(40)29(23,28)31/h8-9,11,13,17-18,22-23,34H,3-7,10,12,14H2,1-2H3,(H,35,36)/t17-,18+,22-,23-,28+,29-/m0/s1. The van der Waals surface area contributed by atoms with Crippen molar-refractivity contribution in [2.75, 3.05) is 20.2 Å². The van der Waals surface area contributed by atoms with Gasteiger partial charge in [-0.05, 0) is 56.2 Å². The molecule has 4 aliphatic rings. The topological polar surface area (TPSA) is 142 Å². The number of carboxylic acid groups (broad SMARTS) is 1. The summed E-state index contributed by atoms with van der Waals surface area (Å²) in [6, 6.07) is 4.59. The maximum atomic E-state index is 13.8. The van der Waals surface area contributed by atoms with Crippen molar-refractivity contribution >= 4 is 52.8 Å². The van der Waals surface area contributed by atoms with Crippen LogP contribution < -0.4 is 4.74 Å². The van der Waals surface area contributed by atoms with Gasteiger partial charge in [-0.15, -0.1) is 23.2 Å². The number of carbonyl (C=O) groups is 5. The molecule has 0 radical (unpaired) electrons. The number of aliphatic carboxylic acids is 1. The molecular weight excluding hydrogens is 575 g/mol. The minimum absolute atomic E-state index is 0.0192. The van der Waals surface area contributed by atoms with Crippen molar-refractivity contribution in [2.24, 2.45) is 17.8 Å². The average Bonchev–Trinajstić information content (AvgIpc) is 3.24. The van der Waals surface area contributed by atoms with E-state index < -0.39 is 51.2 Å². The number of ether oxygens (including phenoxy) is 1. The zero-order valence-corrected chi connectivity index (χ0v) is 24.3. The fourth-order valence-corrected chi connectivity index (χ4v) is 8.13. The molecule has 1 saturated carbocycles. The normalized spacial score (nSPS) is 32.5. The summed E-state index contributed by atoms with van der Waals surface area (Å²) in [5, 5.41) is 19.2. The third kappa shape index (κ3) is 4.33. The Morgan fingerprint density at radius 1 is 1.07 bits per heavy atom. The number of fused-ring (bicyclic) bond motifs is 4. The van der Waals surface area contributed by atoms with Crippen molar-refractivity contribution in [2.45, 2.75) is 61.1 Å². The van der Waals surface area contributed by atoms with Gasteiger partial charge in [-0.1, -0.05) is 24.1 Å². The summed E-state index contributed by atoms with van der Waals surface area (Å²) < 4.78 is 5.58. The van der Waals surface area contributed by atoms with E-state index in [4.69, 9.17) is 33.0 Å². The van der Waals surface area contributed by atoms with Gasteiger partial charge in [-0.2, -0.15) is 0 Å². The van der Waals surface area contributed by atoms with E-state index in [1.807, 2.05) is 6.08 Å². The molecule has 1 aromatic rings. The summed E-state index contributed by atoms with van der Waals surface area (Å²) in [5.41, 5.74) is 1.15. The lowest BCUT2D eigenvalue weighted by molar-refractivity contribution is -0.141. The molecular formula is C29H32Cl2N2O8. The molecule has 220 valence electrons. The van der Waals surface area contributed by atoms with Crippen molar-refractivity contribution in [3.63, 3.8) is 0 Å². The summed E-state index contributed by atoms with van der Waals surface area (Å²) in [5.74, 6) is -5.80. The average molecular weight is 607 g/mol. The van der Waals surface area contributed by atoms with E-state index in [9.17, 15) is 29.1 Å². The van der Waals surface area contributed by atoms with Crippen molar-refractivity contribution in [3.8, 4) is 11.5 Å². The molecule has 41 heavy (non-hydrogen) atoms. The number of rotatable bonds is 9. The first-order chi connectivity index (χ1) is 19.4. The zero-order valence-electron chi connectivity index (χ0n) is 22.8. The number of phenols is 1. The Labute approximate surface area is 247 Å². The Morgan fingerprint density at radius 3 is 2.49 bits per heavy atom. The molecule has 0 unspecified atom stereocenters. The maximum Gasteiger partial charge on any atom is 0.303 e. The summed E-state index contributed by atoms with van der Waals surface area (Å²) in [4.78, 5) is 63.5. The number of benzene rings is 1. The number of aromatic hydroxyl groups is 1. The third-order valence-corrected chi connectivity index (χ3v) is 10.4. The number of carboxylic acids is 1. The molecule has 0 bridgehead atoms. The highest BCUT2D eigenvalue weighted by molar-refractivity contribution is 6.53. The zero-order chi connectivity index (χ0) is 29.9. The largest absolute Gasteiger partial charge is 0.504 e. The predicted molar refractivity (Wildman–Crippen MR) is 148 cm³/mol. The third-order valence-electron chi connectivity index (χ3n) is 8.99. The second-order valence-electron chi connectivity index (χ2n) is 11.2. The van der Waals surface area contributed by atoms with Crippen LogP contribution in [0.2, 0.25) is 0 Å². The van der Waals surface area contributed by atoms with E-state index in [0.717, 1.165) is 4.90 Å². The first-order valence-electron chi connectivity index (χ1n) is 13.8. The number of hydrogen-bond donors (Lipinski definition) is 2. The Hall–Kier alpha value is -3.11. The van der Waals surface area contributed by atoms with Crippen LogP contribution in [0.3, 0.4) is 0 Å².